The van der Waals surface area contributed by atoms with Crippen molar-refractivity contribution in [2.45, 2.75) is 6.92 Å². The summed E-state index contributed by atoms with van der Waals surface area (Å²) in [5.41, 5.74) is 6.68. The molecule has 1 aromatic carbocycles. The zero-order chi connectivity index (χ0) is 13.7. The van der Waals surface area contributed by atoms with Gasteiger partial charge in [0.05, 0.1) is 6.54 Å². The van der Waals surface area contributed by atoms with Gasteiger partial charge in [0, 0.05) is 24.8 Å². The Bertz CT molecular complexity index is 465. The molecule has 0 saturated heterocycles. The standard InChI is InChI=1S/C12H16FN3OS/c1-3-16(7-11(17)15-2)10-5-4-8(13)6-9(10)12(14)18/h4-6H,3,7H2,1-2H3,(H2,14,18)(H,15,17). The molecule has 0 aliphatic heterocycles. The van der Waals surface area contributed by atoms with Crippen molar-refractivity contribution >= 4 is 28.8 Å². The Labute approximate surface area is 111 Å². The molecule has 6 heteroatoms. The van der Waals surface area contributed by atoms with Crippen LogP contribution in [0.2, 0.25) is 0 Å². The van der Waals surface area contributed by atoms with Crippen molar-refractivity contribution in [1.29, 1.82) is 0 Å². The van der Waals surface area contributed by atoms with Crippen LogP contribution in [-0.2, 0) is 4.79 Å². The van der Waals surface area contributed by atoms with Gasteiger partial charge >= 0.3 is 0 Å². The third-order valence-electron chi connectivity index (χ3n) is 2.56. The Morgan fingerprint density at radius 1 is 1.56 bits per heavy atom. The molecular formula is C12H16FN3OS. The lowest BCUT2D eigenvalue weighted by molar-refractivity contribution is -0.119. The summed E-state index contributed by atoms with van der Waals surface area (Å²) in [6.45, 7) is 2.67. The van der Waals surface area contributed by atoms with E-state index in [-0.39, 0.29) is 17.4 Å². The molecule has 0 aliphatic carbocycles. The second-order valence-electron chi connectivity index (χ2n) is 3.71. The van der Waals surface area contributed by atoms with E-state index in [0.29, 0.717) is 17.8 Å². The molecule has 0 radical (unpaired) electrons. The minimum atomic E-state index is -0.405. The molecule has 1 amide bonds. The number of anilines is 1. The average molecular weight is 269 g/mol. The maximum atomic E-state index is 13.2. The second kappa shape index (κ2) is 6.30. The smallest absolute Gasteiger partial charge is 0.239 e. The molecule has 0 aromatic heterocycles. The Morgan fingerprint density at radius 2 is 2.22 bits per heavy atom. The van der Waals surface area contributed by atoms with Gasteiger partial charge in [-0.1, -0.05) is 12.2 Å². The van der Waals surface area contributed by atoms with E-state index < -0.39 is 5.82 Å². The summed E-state index contributed by atoms with van der Waals surface area (Å²) in [6, 6.07) is 4.18. The van der Waals surface area contributed by atoms with E-state index in [1.165, 1.54) is 12.1 Å². The number of thiocarbonyl (C=S) groups is 1. The van der Waals surface area contributed by atoms with E-state index in [0.717, 1.165) is 0 Å². The van der Waals surface area contributed by atoms with Crippen LogP contribution in [0.5, 0.6) is 0 Å². The molecule has 0 bridgehead atoms. The largest absolute Gasteiger partial charge is 0.389 e. The van der Waals surface area contributed by atoms with E-state index in [2.05, 4.69) is 5.32 Å². The van der Waals surface area contributed by atoms with Crippen molar-refractivity contribution in [1.82, 2.24) is 5.32 Å². The maximum absolute atomic E-state index is 13.2. The van der Waals surface area contributed by atoms with Crippen molar-refractivity contribution in [2.24, 2.45) is 5.73 Å². The molecule has 0 aliphatic rings. The van der Waals surface area contributed by atoms with Crippen LogP contribution in [0.15, 0.2) is 18.2 Å². The number of carbonyl (C=O) groups excluding carboxylic acids is 1. The second-order valence-corrected chi connectivity index (χ2v) is 4.15. The van der Waals surface area contributed by atoms with Gasteiger partial charge in [0.2, 0.25) is 5.91 Å². The molecule has 0 spiro atoms. The molecule has 0 atom stereocenters. The Morgan fingerprint density at radius 3 is 2.72 bits per heavy atom. The number of rotatable bonds is 5. The first-order valence-electron chi connectivity index (χ1n) is 5.54. The first-order valence-corrected chi connectivity index (χ1v) is 5.95. The lowest BCUT2D eigenvalue weighted by Crippen LogP contribution is -2.36. The van der Waals surface area contributed by atoms with Gasteiger partial charge in [-0.25, -0.2) is 4.39 Å². The third kappa shape index (κ3) is 3.40. The van der Waals surface area contributed by atoms with Crippen LogP contribution in [0, 0.1) is 5.82 Å². The van der Waals surface area contributed by atoms with Gasteiger partial charge in [0.1, 0.15) is 10.8 Å². The zero-order valence-electron chi connectivity index (χ0n) is 10.4. The van der Waals surface area contributed by atoms with E-state index in [9.17, 15) is 9.18 Å². The lowest BCUT2D eigenvalue weighted by Gasteiger charge is -2.24. The van der Waals surface area contributed by atoms with Gasteiger partial charge in [0.25, 0.3) is 0 Å². The molecule has 1 rings (SSSR count). The van der Waals surface area contributed by atoms with Crippen molar-refractivity contribution in [3.63, 3.8) is 0 Å². The summed E-state index contributed by atoms with van der Waals surface area (Å²) in [5, 5.41) is 2.54. The number of likely N-dealkylation sites (N-methyl/N-ethyl adjacent to an activating group) is 2. The first kappa shape index (κ1) is 14.4. The molecule has 18 heavy (non-hydrogen) atoms. The molecule has 4 nitrogen and oxygen atoms in total. The molecule has 98 valence electrons. The van der Waals surface area contributed by atoms with Crippen LogP contribution < -0.4 is 16.0 Å². The summed E-state index contributed by atoms with van der Waals surface area (Å²) >= 11 is 4.90. The minimum absolute atomic E-state index is 0.111. The highest BCUT2D eigenvalue weighted by atomic mass is 32.1. The number of carbonyl (C=O) groups is 1. The lowest BCUT2D eigenvalue weighted by atomic mass is 10.1. The van der Waals surface area contributed by atoms with E-state index >= 15 is 0 Å². The fraction of sp³-hybridized carbons (Fsp3) is 0.333. The molecule has 0 saturated carbocycles. The highest BCUT2D eigenvalue weighted by Gasteiger charge is 2.15. The summed E-state index contributed by atoms with van der Waals surface area (Å²) in [4.78, 5) is 13.3. The van der Waals surface area contributed by atoms with Crippen LogP contribution in [0.3, 0.4) is 0 Å². The van der Waals surface area contributed by atoms with Gasteiger partial charge < -0.3 is 16.0 Å². The molecule has 1 aromatic rings. The van der Waals surface area contributed by atoms with Gasteiger partial charge in [-0.15, -0.1) is 0 Å². The van der Waals surface area contributed by atoms with Crippen molar-refractivity contribution in [2.75, 3.05) is 25.0 Å². The molecule has 0 heterocycles. The number of nitrogens with zero attached hydrogens (tertiary/aromatic N) is 1. The van der Waals surface area contributed by atoms with Crippen molar-refractivity contribution in [3.8, 4) is 0 Å². The molecule has 3 N–H and O–H groups in total. The van der Waals surface area contributed by atoms with E-state index in [1.54, 1.807) is 18.0 Å². The quantitative estimate of drug-likeness (QED) is 0.784. The maximum Gasteiger partial charge on any atom is 0.239 e. The molecular weight excluding hydrogens is 253 g/mol. The molecule has 0 fully saturated rings. The Kier molecular flexibility index (Phi) is 5.03. The predicted molar refractivity (Wildman–Crippen MR) is 74.2 cm³/mol. The third-order valence-corrected chi connectivity index (χ3v) is 2.78. The topological polar surface area (TPSA) is 58.4 Å². The number of benzene rings is 1. The summed E-state index contributed by atoms with van der Waals surface area (Å²) < 4.78 is 13.2. The van der Waals surface area contributed by atoms with Crippen LogP contribution in [0.1, 0.15) is 12.5 Å². The summed E-state index contributed by atoms with van der Waals surface area (Å²) in [6.07, 6.45) is 0. The monoisotopic (exact) mass is 269 g/mol. The fourth-order valence-electron chi connectivity index (χ4n) is 1.60. The van der Waals surface area contributed by atoms with Crippen LogP contribution >= 0.6 is 12.2 Å². The van der Waals surface area contributed by atoms with Crippen LogP contribution in [0.4, 0.5) is 10.1 Å². The fourth-order valence-corrected chi connectivity index (χ4v) is 1.76. The number of hydrogen-bond acceptors (Lipinski definition) is 3. The number of hydrogen-bond donors (Lipinski definition) is 2. The SMILES string of the molecule is CCN(CC(=O)NC)c1ccc(F)cc1C(N)=S. The zero-order valence-corrected chi connectivity index (χ0v) is 11.2. The van der Waals surface area contributed by atoms with Crippen molar-refractivity contribution in [3.05, 3.63) is 29.6 Å². The van der Waals surface area contributed by atoms with Gasteiger partial charge in [-0.05, 0) is 25.1 Å². The minimum Gasteiger partial charge on any atom is -0.389 e. The van der Waals surface area contributed by atoms with Gasteiger partial charge in [0.15, 0.2) is 0 Å². The van der Waals surface area contributed by atoms with Crippen LogP contribution in [0.25, 0.3) is 0 Å². The van der Waals surface area contributed by atoms with Crippen LogP contribution in [-0.4, -0.2) is 31.0 Å². The van der Waals surface area contributed by atoms with E-state index in [4.69, 9.17) is 18.0 Å². The first-order chi connectivity index (χ1) is 8.49. The Hall–Kier alpha value is -1.69. The highest BCUT2D eigenvalue weighted by molar-refractivity contribution is 7.80. The number of nitrogens with one attached hydrogen (secondary N) is 1. The van der Waals surface area contributed by atoms with Gasteiger partial charge in [-0.2, -0.15) is 0 Å². The predicted octanol–water partition coefficient (Wildman–Crippen LogP) is 1.03. The Balaban J connectivity index is 3.12. The number of nitrogens with two attached hydrogens (primary N) is 1. The highest BCUT2D eigenvalue weighted by Crippen LogP contribution is 2.21. The number of amides is 1. The average Bonchev–Trinajstić information content (AvgIpc) is 2.35. The van der Waals surface area contributed by atoms with Crippen molar-refractivity contribution < 1.29 is 9.18 Å². The summed E-state index contributed by atoms with van der Waals surface area (Å²) in [7, 11) is 1.56. The summed E-state index contributed by atoms with van der Waals surface area (Å²) in [5.74, 6) is -0.535. The van der Waals surface area contributed by atoms with Gasteiger partial charge in [-0.3, -0.25) is 4.79 Å². The molecule has 0 unspecified atom stereocenters. The van der Waals surface area contributed by atoms with E-state index in [1.807, 2.05) is 6.92 Å². The normalized spacial score (nSPS) is 9.94. The number of halogens is 1.